The Hall–Kier alpha value is -4.07. The zero-order chi connectivity index (χ0) is 27.6. The zero-order valence-corrected chi connectivity index (χ0v) is 23.4. The Kier molecular flexibility index (Phi) is 7.32. The lowest BCUT2D eigenvalue weighted by atomic mass is 10.1. The van der Waals surface area contributed by atoms with E-state index in [1.54, 1.807) is 24.5 Å². The third-order valence-corrected chi connectivity index (χ3v) is 7.64. The van der Waals surface area contributed by atoms with E-state index in [0.717, 1.165) is 33.7 Å². The fraction of sp³-hybridized carbons (Fsp3) is 0.194. The number of halogens is 2. The van der Waals surface area contributed by atoms with Crippen LogP contribution in [0.5, 0.6) is 5.75 Å². The molecule has 0 aliphatic carbocycles. The molecule has 0 unspecified atom stereocenters. The van der Waals surface area contributed by atoms with Crippen molar-refractivity contribution in [3.8, 4) is 22.6 Å². The van der Waals surface area contributed by atoms with Crippen molar-refractivity contribution in [2.75, 3.05) is 37.7 Å². The average molecular weight is 572 g/mol. The molecular weight excluding hydrogens is 545 g/mol. The van der Waals surface area contributed by atoms with Gasteiger partial charge in [0.15, 0.2) is 12.3 Å². The lowest BCUT2D eigenvalue weighted by Gasteiger charge is -2.35. The van der Waals surface area contributed by atoms with Crippen molar-refractivity contribution in [3.63, 3.8) is 0 Å². The summed E-state index contributed by atoms with van der Waals surface area (Å²) in [5.41, 5.74) is 5.24. The van der Waals surface area contributed by atoms with Crippen LogP contribution in [0.25, 0.3) is 27.8 Å². The van der Waals surface area contributed by atoms with Gasteiger partial charge in [-0.15, -0.1) is 0 Å². The van der Waals surface area contributed by atoms with E-state index in [1.165, 1.54) is 5.56 Å². The fourth-order valence-electron chi connectivity index (χ4n) is 5.09. The second-order valence-corrected chi connectivity index (χ2v) is 10.6. The molecule has 0 bridgehead atoms. The van der Waals surface area contributed by atoms with Crippen molar-refractivity contribution in [3.05, 3.63) is 101 Å². The van der Waals surface area contributed by atoms with E-state index in [4.69, 9.17) is 37.9 Å². The second kappa shape index (κ2) is 11.2. The highest BCUT2D eigenvalue weighted by molar-refractivity contribution is 6.35. The summed E-state index contributed by atoms with van der Waals surface area (Å²) in [7, 11) is 0. The molecule has 7 nitrogen and oxygen atoms in total. The molecule has 0 N–H and O–H groups in total. The summed E-state index contributed by atoms with van der Waals surface area (Å²) in [5.74, 6) is 1.22. The van der Waals surface area contributed by atoms with Gasteiger partial charge in [-0.05, 0) is 48.4 Å². The normalized spacial score (nSPS) is 13.6. The monoisotopic (exact) mass is 571 g/mol. The van der Waals surface area contributed by atoms with Crippen molar-refractivity contribution in [2.45, 2.75) is 6.92 Å². The summed E-state index contributed by atoms with van der Waals surface area (Å²) in [6.45, 7) is 4.40. The number of ether oxygens (including phenoxy) is 1. The van der Waals surface area contributed by atoms with Crippen LogP contribution in [0.15, 0.2) is 85.3 Å². The Morgan fingerprint density at radius 2 is 1.73 bits per heavy atom. The topological polar surface area (TPSA) is 63.5 Å². The van der Waals surface area contributed by atoms with Gasteiger partial charge >= 0.3 is 0 Å². The van der Waals surface area contributed by atoms with Gasteiger partial charge in [0.05, 0.1) is 10.4 Å². The molecule has 5 aromatic rings. The van der Waals surface area contributed by atoms with Gasteiger partial charge in [0, 0.05) is 48.6 Å². The van der Waals surface area contributed by atoms with E-state index < -0.39 is 0 Å². The van der Waals surface area contributed by atoms with Gasteiger partial charge in [0.1, 0.15) is 17.9 Å². The van der Waals surface area contributed by atoms with Gasteiger partial charge in [-0.25, -0.2) is 9.97 Å². The van der Waals surface area contributed by atoms with Crippen molar-refractivity contribution in [1.82, 2.24) is 19.4 Å². The first-order valence-electron chi connectivity index (χ1n) is 13.1. The number of hydrogen-bond acceptors (Lipinski definition) is 5. The van der Waals surface area contributed by atoms with Crippen molar-refractivity contribution in [2.24, 2.45) is 0 Å². The Morgan fingerprint density at radius 1 is 0.925 bits per heavy atom. The van der Waals surface area contributed by atoms with Crippen LogP contribution < -0.4 is 9.64 Å². The molecule has 0 spiro atoms. The SMILES string of the molecule is Cc1cccc(-n2cc(-c3ccccc3)c3c(N4CCN(C(=O)COc5ccc(Cl)cc5Cl)CC4)ncnc32)c1. The Bertz CT molecular complexity index is 1680. The zero-order valence-electron chi connectivity index (χ0n) is 21.9. The van der Waals surface area contributed by atoms with E-state index in [0.29, 0.717) is 42.0 Å². The number of benzene rings is 3. The molecule has 9 heteroatoms. The first-order valence-corrected chi connectivity index (χ1v) is 13.8. The maximum absolute atomic E-state index is 12.9. The molecule has 2 aromatic heterocycles. The third-order valence-electron chi connectivity index (χ3n) is 7.10. The first-order chi connectivity index (χ1) is 19.5. The molecule has 40 heavy (non-hydrogen) atoms. The lowest BCUT2D eigenvalue weighted by molar-refractivity contribution is -0.133. The number of nitrogens with zero attached hydrogens (tertiary/aromatic N) is 5. The second-order valence-electron chi connectivity index (χ2n) is 9.74. The smallest absolute Gasteiger partial charge is 0.260 e. The Morgan fingerprint density at radius 3 is 2.48 bits per heavy atom. The minimum atomic E-state index is -0.0888. The minimum Gasteiger partial charge on any atom is -0.482 e. The van der Waals surface area contributed by atoms with E-state index in [9.17, 15) is 4.79 Å². The minimum absolute atomic E-state index is 0.0867. The number of fused-ring (bicyclic) bond motifs is 1. The van der Waals surface area contributed by atoms with E-state index in [-0.39, 0.29) is 12.5 Å². The molecule has 202 valence electrons. The Labute approximate surface area is 242 Å². The molecule has 1 saturated heterocycles. The predicted octanol–water partition coefficient (Wildman–Crippen LogP) is 6.43. The standard InChI is InChI=1S/C31H27Cl2N5O2/c1-21-6-5-9-24(16-21)38-18-25(22-7-3-2-4-8-22)29-30(34-20-35-31(29)38)37-14-12-36(13-15-37)28(39)19-40-27-11-10-23(32)17-26(27)33/h2-11,16-18,20H,12-15,19H2,1H3. The molecule has 1 fully saturated rings. The van der Waals surface area contributed by atoms with Crippen molar-refractivity contribution < 1.29 is 9.53 Å². The number of anilines is 1. The van der Waals surface area contributed by atoms with E-state index in [2.05, 4.69) is 59.0 Å². The molecule has 3 aromatic carbocycles. The lowest BCUT2D eigenvalue weighted by Crippen LogP contribution is -2.50. The number of aryl methyl sites for hydroxylation is 1. The third kappa shape index (κ3) is 5.22. The summed E-state index contributed by atoms with van der Waals surface area (Å²) < 4.78 is 7.81. The number of carbonyl (C=O) groups excluding carboxylic acids is 1. The highest BCUT2D eigenvalue weighted by Gasteiger charge is 2.26. The maximum atomic E-state index is 12.9. The van der Waals surface area contributed by atoms with Crippen molar-refractivity contribution in [1.29, 1.82) is 0 Å². The quantitative estimate of drug-likeness (QED) is 0.235. The first kappa shape index (κ1) is 26.2. The molecule has 6 rings (SSSR count). The predicted molar refractivity (Wildman–Crippen MR) is 160 cm³/mol. The molecule has 1 amide bonds. The van der Waals surface area contributed by atoms with Crippen LogP contribution in [-0.4, -0.2) is 58.1 Å². The fourth-order valence-corrected chi connectivity index (χ4v) is 5.55. The average Bonchev–Trinajstić information content (AvgIpc) is 3.37. The van der Waals surface area contributed by atoms with Gasteiger partial charge in [0.25, 0.3) is 5.91 Å². The number of amides is 1. The number of carbonyl (C=O) groups is 1. The molecule has 3 heterocycles. The summed E-state index contributed by atoms with van der Waals surface area (Å²) in [6, 6.07) is 23.6. The van der Waals surface area contributed by atoms with E-state index in [1.807, 2.05) is 23.1 Å². The molecule has 0 radical (unpaired) electrons. The van der Waals surface area contributed by atoms with Gasteiger partial charge in [-0.1, -0.05) is 65.7 Å². The van der Waals surface area contributed by atoms with Crippen LogP contribution in [0.4, 0.5) is 5.82 Å². The summed E-state index contributed by atoms with van der Waals surface area (Å²) in [4.78, 5) is 26.4. The van der Waals surface area contributed by atoms with Gasteiger partial charge in [-0.3, -0.25) is 4.79 Å². The van der Waals surface area contributed by atoms with Gasteiger partial charge < -0.3 is 19.1 Å². The molecule has 1 aliphatic heterocycles. The van der Waals surface area contributed by atoms with Crippen LogP contribution in [0.3, 0.4) is 0 Å². The molecule has 1 aliphatic rings. The van der Waals surface area contributed by atoms with Crippen LogP contribution in [-0.2, 0) is 4.79 Å². The van der Waals surface area contributed by atoms with Crippen LogP contribution >= 0.6 is 23.2 Å². The van der Waals surface area contributed by atoms with Gasteiger partial charge in [0.2, 0.25) is 0 Å². The summed E-state index contributed by atoms with van der Waals surface area (Å²) >= 11 is 12.1. The molecule has 0 atom stereocenters. The number of hydrogen-bond donors (Lipinski definition) is 0. The highest BCUT2D eigenvalue weighted by Crippen LogP contribution is 2.37. The summed E-state index contributed by atoms with van der Waals surface area (Å²) in [5, 5.41) is 1.89. The molecule has 0 saturated carbocycles. The highest BCUT2D eigenvalue weighted by atomic mass is 35.5. The summed E-state index contributed by atoms with van der Waals surface area (Å²) in [6.07, 6.45) is 3.77. The number of rotatable bonds is 6. The maximum Gasteiger partial charge on any atom is 0.260 e. The van der Waals surface area contributed by atoms with Gasteiger partial charge in [-0.2, -0.15) is 0 Å². The largest absolute Gasteiger partial charge is 0.482 e. The molecular formula is C31H27Cl2N5O2. The number of piperazine rings is 1. The van der Waals surface area contributed by atoms with E-state index >= 15 is 0 Å². The van der Waals surface area contributed by atoms with Crippen LogP contribution in [0.2, 0.25) is 10.0 Å². The Balaban J connectivity index is 1.26. The van der Waals surface area contributed by atoms with Crippen LogP contribution in [0.1, 0.15) is 5.56 Å². The van der Waals surface area contributed by atoms with Crippen molar-refractivity contribution >= 4 is 46.0 Å². The number of aromatic nitrogens is 3. The van der Waals surface area contributed by atoms with Crippen LogP contribution in [0, 0.1) is 6.92 Å².